The monoisotopic (exact) mass is 245 g/mol. The number of aliphatic imine (C=N–C) groups is 1. The topological polar surface area (TPSA) is 29.3 Å². The van der Waals surface area contributed by atoms with Crippen LogP contribution in [0.15, 0.2) is 23.3 Å². The Labute approximate surface area is 109 Å². The molecule has 1 saturated carbocycles. The van der Waals surface area contributed by atoms with Gasteiger partial charge < -0.3 is 9.88 Å². The fraction of sp³-hybridized carbons (Fsp3) is 0.667. The van der Waals surface area contributed by atoms with E-state index in [4.69, 9.17) is 4.99 Å². The molecule has 0 amide bonds. The lowest BCUT2D eigenvalue weighted by Gasteiger charge is -2.31. The maximum atomic E-state index is 4.70. The van der Waals surface area contributed by atoms with E-state index in [1.807, 2.05) is 0 Å². The zero-order valence-corrected chi connectivity index (χ0v) is 11.2. The molecule has 3 heteroatoms. The predicted octanol–water partition coefficient (Wildman–Crippen LogP) is 2.69. The van der Waals surface area contributed by atoms with Crippen LogP contribution < -0.4 is 5.32 Å². The Kier molecular flexibility index (Phi) is 3.39. The van der Waals surface area contributed by atoms with Gasteiger partial charge in [-0.15, -0.1) is 0 Å². The number of nitrogens with one attached hydrogen (secondary N) is 1. The lowest BCUT2D eigenvalue weighted by molar-refractivity contribution is 0.334. The van der Waals surface area contributed by atoms with E-state index in [2.05, 4.69) is 35.3 Å². The van der Waals surface area contributed by atoms with E-state index < -0.39 is 0 Å². The molecule has 0 aromatic carbocycles. The van der Waals surface area contributed by atoms with E-state index in [1.165, 1.54) is 43.6 Å². The summed E-state index contributed by atoms with van der Waals surface area (Å²) < 4.78 is 2.27. The van der Waals surface area contributed by atoms with Crippen molar-refractivity contribution in [3.05, 3.63) is 24.0 Å². The fourth-order valence-corrected chi connectivity index (χ4v) is 3.49. The van der Waals surface area contributed by atoms with Gasteiger partial charge in [-0.05, 0) is 30.9 Å². The zero-order chi connectivity index (χ0) is 12.4. The molecule has 0 saturated heterocycles. The quantitative estimate of drug-likeness (QED) is 0.871. The molecule has 3 rings (SSSR count). The molecule has 2 aliphatic rings. The van der Waals surface area contributed by atoms with Crippen LogP contribution in [0.2, 0.25) is 0 Å². The first-order valence-corrected chi connectivity index (χ1v) is 7.25. The highest BCUT2D eigenvalue weighted by Crippen LogP contribution is 2.37. The van der Waals surface area contributed by atoms with Gasteiger partial charge in [-0.25, -0.2) is 0 Å². The van der Waals surface area contributed by atoms with Gasteiger partial charge in [-0.1, -0.05) is 19.3 Å². The largest absolute Gasteiger partial charge is 0.371 e. The summed E-state index contributed by atoms with van der Waals surface area (Å²) in [4.78, 5) is 4.70. The van der Waals surface area contributed by atoms with Crippen LogP contribution in [-0.4, -0.2) is 23.5 Å². The van der Waals surface area contributed by atoms with E-state index in [1.54, 1.807) is 0 Å². The Hall–Kier alpha value is -1.25. The van der Waals surface area contributed by atoms with Crippen molar-refractivity contribution < 1.29 is 0 Å². The van der Waals surface area contributed by atoms with Crippen LogP contribution in [0.4, 0.5) is 0 Å². The number of hydrogen-bond acceptors (Lipinski definition) is 2. The van der Waals surface area contributed by atoms with E-state index in [-0.39, 0.29) is 0 Å². The molecule has 2 heterocycles. The van der Waals surface area contributed by atoms with Crippen molar-refractivity contribution in [3.63, 3.8) is 0 Å². The second-order valence-corrected chi connectivity index (χ2v) is 5.61. The van der Waals surface area contributed by atoms with Crippen molar-refractivity contribution in [2.24, 2.45) is 18.0 Å². The average Bonchev–Trinajstić information content (AvgIpc) is 3.05. The highest BCUT2D eigenvalue weighted by Gasteiger charge is 2.31. The van der Waals surface area contributed by atoms with Crippen LogP contribution in [-0.2, 0) is 7.05 Å². The van der Waals surface area contributed by atoms with Crippen LogP contribution in [0.25, 0.3) is 0 Å². The fourth-order valence-electron chi connectivity index (χ4n) is 3.49. The summed E-state index contributed by atoms with van der Waals surface area (Å²) in [6.45, 7) is 1.96. The molecule has 1 aromatic rings. The minimum atomic E-state index is 0.493. The third-order valence-electron chi connectivity index (χ3n) is 4.42. The molecule has 98 valence electrons. The minimum Gasteiger partial charge on any atom is -0.371 e. The molecule has 1 aliphatic heterocycles. The molecule has 1 unspecified atom stereocenters. The van der Waals surface area contributed by atoms with Gasteiger partial charge in [0.25, 0.3) is 0 Å². The van der Waals surface area contributed by atoms with Crippen molar-refractivity contribution in [3.8, 4) is 0 Å². The Morgan fingerprint density at radius 2 is 2.17 bits per heavy atom. The first-order valence-electron chi connectivity index (χ1n) is 7.25. The van der Waals surface area contributed by atoms with Crippen molar-refractivity contribution in [1.82, 2.24) is 9.88 Å². The summed E-state index contributed by atoms with van der Waals surface area (Å²) in [6, 6.07) is 4.42. The van der Waals surface area contributed by atoms with Gasteiger partial charge in [-0.3, -0.25) is 4.99 Å². The highest BCUT2D eigenvalue weighted by atomic mass is 15.1. The maximum Gasteiger partial charge on any atom is 0.106 e. The molecule has 1 aromatic heterocycles. The lowest BCUT2D eigenvalue weighted by atomic mass is 9.78. The van der Waals surface area contributed by atoms with Crippen LogP contribution >= 0.6 is 0 Å². The molecule has 1 fully saturated rings. The van der Waals surface area contributed by atoms with Gasteiger partial charge >= 0.3 is 0 Å². The van der Waals surface area contributed by atoms with Crippen molar-refractivity contribution in [1.29, 1.82) is 0 Å². The number of rotatable bonds is 3. The van der Waals surface area contributed by atoms with E-state index >= 15 is 0 Å². The molecule has 18 heavy (non-hydrogen) atoms. The van der Waals surface area contributed by atoms with Crippen molar-refractivity contribution >= 4 is 5.84 Å². The second kappa shape index (κ2) is 5.17. The number of aryl methyl sites for hydroxylation is 1. The zero-order valence-electron chi connectivity index (χ0n) is 11.2. The number of amidine groups is 1. The Balaban J connectivity index is 1.90. The number of nitrogens with zero attached hydrogens (tertiary/aromatic N) is 2. The first-order chi connectivity index (χ1) is 8.86. The Morgan fingerprint density at radius 3 is 2.78 bits per heavy atom. The minimum absolute atomic E-state index is 0.493. The number of hydrogen-bond donors (Lipinski definition) is 1. The SMILES string of the molecule is Cn1cccc1C(C1=NCCN1)C1CCCCC1. The van der Waals surface area contributed by atoms with Crippen LogP contribution in [0, 0.1) is 5.92 Å². The molecule has 3 nitrogen and oxygen atoms in total. The third-order valence-corrected chi connectivity index (χ3v) is 4.42. The molecule has 0 spiro atoms. The second-order valence-electron chi connectivity index (χ2n) is 5.61. The molecular weight excluding hydrogens is 222 g/mol. The van der Waals surface area contributed by atoms with Crippen LogP contribution in [0.5, 0.6) is 0 Å². The van der Waals surface area contributed by atoms with Crippen molar-refractivity contribution in [2.75, 3.05) is 13.1 Å². The molecule has 0 bridgehead atoms. The smallest absolute Gasteiger partial charge is 0.106 e. The van der Waals surface area contributed by atoms with Gasteiger partial charge in [0, 0.05) is 25.5 Å². The number of aromatic nitrogens is 1. The van der Waals surface area contributed by atoms with E-state index in [9.17, 15) is 0 Å². The van der Waals surface area contributed by atoms with Gasteiger partial charge in [0.15, 0.2) is 0 Å². The maximum absolute atomic E-state index is 4.70. The third kappa shape index (κ3) is 2.18. The molecule has 1 N–H and O–H groups in total. The summed E-state index contributed by atoms with van der Waals surface area (Å²) >= 11 is 0. The summed E-state index contributed by atoms with van der Waals surface area (Å²) in [7, 11) is 2.15. The summed E-state index contributed by atoms with van der Waals surface area (Å²) in [5.41, 5.74) is 1.43. The van der Waals surface area contributed by atoms with Crippen LogP contribution in [0.1, 0.15) is 43.7 Å². The van der Waals surface area contributed by atoms with E-state index in [0.717, 1.165) is 19.0 Å². The predicted molar refractivity (Wildman–Crippen MR) is 75.0 cm³/mol. The molecule has 0 radical (unpaired) electrons. The van der Waals surface area contributed by atoms with Gasteiger partial charge in [0.1, 0.15) is 5.84 Å². The summed E-state index contributed by atoms with van der Waals surface area (Å²) in [5.74, 6) is 2.51. The molecular formula is C15H23N3. The summed E-state index contributed by atoms with van der Waals surface area (Å²) in [5, 5.41) is 3.51. The van der Waals surface area contributed by atoms with Gasteiger partial charge in [-0.2, -0.15) is 0 Å². The normalized spacial score (nSPS) is 22.6. The lowest BCUT2D eigenvalue weighted by Crippen LogP contribution is -2.32. The van der Waals surface area contributed by atoms with Crippen molar-refractivity contribution in [2.45, 2.75) is 38.0 Å². The summed E-state index contributed by atoms with van der Waals surface area (Å²) in [6.07, 6.45) is 9.06. The van der Waals surface area contributed by atoms with Crippen LogP contribution in [0.3, 0.4) is 0 Å². The van der Waals surface area contributed by atoms with Gasteiger partial charge in [0.2, 0.25) is 0 Å². The van der Waals surface area contributed by atoms with E-state index in [0.29, 0.717) is 5.92 Å². The highest BCUT2D eigenvalue weighted by molar-refractivity contribution is 5.90. The standard InChI is InChI=1S/C15H23N3/c1-18-11-5-8-13(18)14(15-16-9-10-17-15)12-6-3-2-4-7-12/h5,8,11-12,14H,2-4,6-7,9-10H2,1H3,(H,16,17). The Bertz CT molecular complexity index is 427. The molecule has 1 aliphatic carbocycles. The Morgan fingerprint density at radius 1 is 1.33 bits per heavy atom. The van der Waals surface area contributed by atoms with Gasteiger partial charge in [0.05, 0.1) is 12.5 Å². The molecule has 1 atom stereocenters. The average molecular weight is 245 g/mol. The first kappa shape index (κ1) is 11.8.